The Hall–Kier alpha value is 0.0200. The first-order valence-corrected chi connectivity index (χ1v) is 4.39. The van der Waals surface area contributed by atoms with Gasteiger partial charge in [0.1, 0.15) is 0 Å². The molecule has 0 aromatic heterocycles. The van der Waals surface area contributed by atoms with Crippen molar-refractivity contribution < 1.29 is 11.7 Å². The number of hydrogen-bond acceptors (Lipinski definition) is 3. The van der Waals surface area contributed by atoms with Crippen molar-refractivity contribution in [1.82, 2.24) is 4.31 Å². The lowest BCUT2D eigenvalue weighted by Crippen LogP contribution is -2.32. The third kappa shape index (κ3) is 4.46. The van der Waals surface area contributed by atoms with Crippen molar-refractivity contribution in [2.24, 2.45) is 11.5 Å². The van der Waals surface area contributed by atoms with Gasteiger partial charge in [0.15, 0.2) is 0 Å². The molecule has 0 heterocycles. The van der Waals surface area contributed by atoms with Gasteiger partial charge in [0.25, 0.3) is 11.4 Å². The Bertz CT molecular complexity index is 101. The summed E-state index contributed by atoms with van der Waals surface area (Å²) in [6.07, 6.45) is 0. The first-order valence-electron chi connectivity index (χ1n) is 3.09. The smallest absolute Gasteiger partial charge is 0.278 e. The lowest BCUT2D eigenvalue weighted by atomic mass is 10.6. The molecule has 70 valence electrons. The van der Waals surface area contributed by atoms with Crippen LogP contribution >= 0.6 is 11.4 Å². The zero-order chi connectivity index (χ0) is 8.91. The molecule has 0 amide bonds. The molecule has 0 radical (unpaired) electrons. The first kappa shape index (κ1) is 11.0. The monoisotopic (exact) mass is 191 g/mol. The van der Waals surface area contributed by atoms with Crippen LogP contribution in [0.1, 0.15) is 0 Å². The summed E-state index contributed by atoms with van der Waals surface area (Å²) in [5.41, 5.74) is 9.97. The fourth-order valence-electron chi connectivity index (χ4n) is 0.607. The average Bonchev–Trinajstić information content (AvgIpc) is 1.85. The quantitative estimate of drug-likeness (QED) is 0.668. The van der Waals surface area contributed by atoms with Crippen LogP contribution in [0.2, 0.25) is 0 Å². The van der Waals surface area contributed by atoms with Crippen molar-refractivity contribution in [1.29, 1.82) is 0 Å². The lowest BCUT2D eigenvalue weighted by molar-refractivity contribution is 0.398. The second kappa shape index (κ2) is 4.81. The molecule has 0 aliphatic heterocycles. The molecule has 4 N–H and O–H groups in total. The van der Waals surface area contributed by atoms with Gasteiger partial charge in [0.05, 0.1) is 0 Å². The molecule has 3 nitrogen and oxygen atoms in total. The van der Waals surface area contributed by atoms with E-state index in [1.165, 1.54) is 0 Å². The molecule has 0 fully saturated rings. The lowest BCUT2D eigenvalue weighted by Gasteiger charge is -2.25. The highest BCUT2D eigenvalue weighted by Crippen LogP contribution is 2.55. The minimum Gasteiger partial charge on any atom is -0.329 e. The van der Waals surface area contributed by atoms with Gasteiger partial charge in [-0.15, -0.1) is 11.7 Å². The van der Waals surface area contributed by atoms with Gasteiger partial charge in [-0.3, -0.25) is 0 Å². The molecule has 0 aliphatic rings. The second-order valence-corrected chi connectivity index (χ2v) is 3.17. The van der Waals surface area contributed by atoms with E-state index in [-0.39, 0.29) is 26.2 Å². The van der Waals surface area contributed by atoms with E-state index >= 15 is 0 Å². The van der Waals surface area contributed by atoms with E-state index in [9.17, 15) is 11.7 Å². The maximum Gasteiger partial charge on any atom is 0.278 e. The summed E-state index contributed by atoms with van der Waals surface area (Å²) >= 11 is -5.12. The second-order valence-electron chi connectivity index (χ2n) is 1.89. The van der Waals surface area contributed by atoms with Gasteiger partial charge >= 0.3 is 0 Å². The van der Waals surface area contributed by atoms with Crippen molar-refractivity contribution in [2.75, 3.05) is 26.2 Å². The third-order valence-electron chi connectivity index (χ3n) is 1.05. The minimum absolute atomic E-state index is 0.00646. The normalized spacial score (nSPS) is 14.0. The largest absolute Gasteiger partial charge is 0.329 e. The van der Waals surface area contributed by atoms with Gasteiger partial charge in [-0.05, 0) is 0 Å². The highest BCUT2D eigenvalue weighted by Gasteiger charge is 2.29. The van der Waals surface area contributed by atoms with E-state index in [2.05, 4.69) is 0 Å². The molecule has 0 unspecified atom stereocenters. The summed E-state index contributed by atoms with van der Waals surface area (Å²) < 4.78 is 36.4. The van der Waals surface area contributed by atoms with Gasteiger partial charge in [-0.25, -0.2) is 0 Å². The fourth-order valence-corrected chi connectivity index (χ4v) is 1.23. The maximum absolute atomic E-state index is 12.0. The van der Waals surface area contributed by atoms with E-state index in [1.54, 1.807) is 0 Å². The van der Waals surface area contributed by atoms with Crippen LogP contribution in [0.15, 0.2) is 0 Å². The Morgan fingerprint density at radius 1 is 1.00 bits per heavy atom. The number of rotatable bonds is 5. The van der Waals surface area contributed by atoms with Crippen molar-refractivity contribution in [3.05, 3.63) is 0 Å². The van der Waals surface area contributed by atoms with Crippen LogP contribution in [0.25, 0.3) is 0 Å². The highest BCUT2D eigenvalue weighted by molar-refractivity contribution is 8.18. The van der Waals surface area contributed by atoms with Crippen molar-refractivity contribution in [2.45, 2.75) is 0 Å². The van der Waals surface area contributed by atoms with E-state index < -0.39 is 11.4 Å². The fraction of sp³-hybridized carbons (Fsp3) is 1.00. The molecule has 7 heteroatoms. The summed E-state index contributed by atoms with van der Waals surface area (Å²) in [6.45, 7) is -0.301. The molecule has 0 atom stereocenters. The summed E-state index contributed by atoms with van der Waals surface area (Å²) in [7, 11) is 0. The van der Waals surface area contributed by atoms with E-state index in [0.717, 1.165) is 0 Å². The number of halogens is 3. The third-order valence-corrected chi connectivity index (χ3v) is 2.00. The molecule has 0 aromatic carbocycles. The Labute approximate surface area is 65.9 Å². The maximum atomic E-state index is 12.0. The van der Waals surface area contributed by atoms with Crippen LogP contribution in [0.5, 0.6) is 0 Å². The van der Waals surface area contributed by atoms with Crippen LogP contribution in [0.4, 0.5) is 11.7 Å². The Morgan fingerprint density at radius 3 is 1.55 bits per heavy atom. The zero-order valence-electron chi connectivity index (χ0n) is 5.97. The van der Waals surface area contributed by atoms with Crippen molar-refractivity contribution >= 4 is 11.4 Å². The number of nitrogens with two attached hydrogens (primary N) is 2. The zero-order valence-corrected chi connectivity index (χ0v) is 6.79. The summed E-state index contributed by atoms with van der Waals surface area (Å²) in [5, 5.41) is 0. The summed E-state index contributed by atoms with van der Waals surface area (Å²) in [6, 6.07) is 0. The van der Waals surface area contributed by atoms with Gasteiger partial charge in [-0.1, -0.05) is 0 Å². The molecular weight excluding hydrogens is 179 g/mol. The van der Waals surface area contributed by atoms with Crippen molar-refractivity contribution in [3.63, 3.8) is 0 Å². The van der Waals surface area contributed by atoms with E-state index in [4.69, 9.17) is 11.5 Å². The van der Waals surface area contributed by atoms with Crippen LogP contribution in [0.3, 0.4) is 0 Å². The summed E-state index contributed by atoms with van der Waals surface area (Å²) in [5.74, 6) is 0. The van der Waals surface area contributed by atoms with Gasteiger partial charge in [-0.2, -0.15) is 4.31 Å². The van der Waals surface area contributed by atoms with Crippen LogP contribution in [-0.4, -0.2) is 30.5 Å². The predicted molar refractivity (Wildman–Crippen MR) is 40.6 cm³/mol. The SMILES string of the molecule is NCCN(CCN)S(F)(F)F. The topological polar surface area (TPSA) is 55.3 Å². The molecule has 11 heavy (non-hydrogen) atoms. The number of nitrogens with zero attached hydrogens (tertiary/aromatic N) is 1. The standard InChI is InChI=1S/C4H12F3N3S/c5-11(6,7)10(3-1-8)4-2-9/h1-4,8-9H2. The van der Waals surface area contributed by atoms with Crippen molar-refractivity contribution in [3.8, 4) is 0 Å². The Balaban J connectivity index is 3.88. The molecular formula is C4H12F3N3S. The van der Waals surface area contributed by atoms with Gasteiger partial charge in [0.2, 0.25) is 0 Å². The molecule has 0 aliphatic carbocycles. The predicted octanol–water partition coefficient (Wildman–Crippen LogP) is 0.579. The van der Waals surface area contributed by atoms with Crippen LogP contribution in [-0.2, 0) is 0 Å². The average molecular weight is 191 g/mol. The van der Waals surface area contributed by atoms with Crippen LogP contribution < -0.4 is 11.5 Å². The highest BCUT2D eigenvalue weighted by atomic mass is 32.3. The Morgan fingerprint density at radius 2 is 1.36 bits per heavy atom. The summed E-state index contributed by atoms with van der Waals surface area (Å²) in [4.78, 5) is 0. The van der Waals surface area contributed by atoms with Gasteiger partial charge < -0.3 is 11.5 Å². The van der Waals surface area contributed by atoms with E-state index in [0.29, 0.717) is 4.31 Å². The number of hydrogen-bond donors (Lipinski definition) is 2. The molecule has 0 bridgehead atoms. The molecule has 0 saturated carbocycles. The Kier molecular flexibility index (Phi) is 4.82. The first-order chi connectivity index (χ1) is 5.02. The molecule has 0 rings (SSSR count). The van der Waals surface area contributed by atoms with Crippen LogP contribution in [0, 0.1) is 0 Å². The molecule has 0 aromatic rings. The van der Waals surface area contributed by atoms with E-state index in [1.807, 2.05) is 0 Å². The van der Waals surface area contributed by atoms with Gasteiger partial charge in [0, 0.05) is 26.2 Å². The molecule has 0 spiro atoms. The minimum atomic E-state index is -5.12. The molecule has 0 saturated heterocycles.